The topological polar surface area (TPSA) is 42.7 Å². The Bertz CT molecular complexity index is 900. The fourth-order valence-corrected chi connectivity index (χ4v) is 2.65. The predicted octanol–water partition coefficient (Wildman–Crippen LogP) is 4.58. The van der Waals surface area contributed by atoms with Gasteiger partial charge in [0, 0.05) is 28.5 Å². The van der Waals surface area contributed by atoms with Crippen molar-refractivity contribution in [3.63, 3.8) is 0 Å². The van der Waals surface area contributed by atoms with E-state index in [-0.39, 0.29) is 0 Å². The lowest BCUT2D eigenvalue weighted by Gasteiger charge is -2.13. The molecule has 0 aromatic heterocycles. The van der Waals surface area contributed by atoms with Crippen molar-refractivity contribution in [1.29, 1.82) is 0 Å². The molecule has 23 heavy (non-hydrogen) atoms. The Morgan fingerprint density at radius 3 is 2.43 bits per heavy atom. The maximum atomic E-state index is 5.92. The molecule has 0 saturated heterocycles. The minimum atomic E-state index is 0.703. The van der Waals surface area contributed by atoms with Crippen LogP contribution in [-0.4, -0.2) is 14.6 Å². The molecule has 4 nitrogen and oxygen atoms in total. The van der Waals surface area contributed by atoms with E-state index in [4.69, 9.17) is 11.6 Å². The largest absolute Gasteiger partial charge is 0.292 e. The average molecular weight is 321 g/mol. The molecule has 0 radical (unpaired) electrons. The van der Waals surface area contributed by atoms with Crippen molar-refractivity contribution in [2.75, 3.05) is 5.43 Å². The normalized spacial score (nSPS) is 10.8. The molecule has 0 atom stereocenters. The van der Waals surface area contributed by atoms with E-state index in [2.05, 4.69) is 27.5 Å². The molecular formula is C18H13ClN4. The molecule has 2 aliphatic heterocycles. The van der Waals surface area contributed by atoms with Crippen LogP contribution < -0.4 is 5.43 Å². The highest BCUT2D eigenvalue weighted by molar-refractivity contribution is 6.30. The Morgan fingerprint density at radius 1 is 0.870 bits per heavy atom. The van der Waals surface area contributed by atoms with Crippen LogP contribution in [0.4, 0.5) is 5.69 Å². The molecule has 1 N–H and O–H groups in total. The molecule has 2 aliphatic rings. The minimum absolute atomic E-state index is 0.703. The van der Waals surface area contributed by atoms with Crippen molar-refractivity contribution in [1.82, 2.24) is 14.6 Å². The fourth-order valence-electron chi connectivity index (χ4n) is 2.53. The highest BCUT2D eigenvalue weighted by Gasteiger charge is 2.16. The lowest BCUT2D eigenvalue weighted by molar-refractivity contribution is 0.888. The van der Waals surface area contributed by atoms with E-state index in [1.807, 2.05) is 59.5 Å². The molecule has 0 saturated carbocycles. The molecule has 2 aromatic carbocycles. The van der Waals surface area contributed by atoms with Gasteiger partial charge in [-0.05, 0) is 29.8 Å². The van der Waals surface area contributed by atoms with Crippen molar-refractivity contribution in [2.24, 2.45) is 0 Å². The Hall–Kier alpha value is -2.85. The summed E-state index contributed by atoms with van der Waals surface area (Å²) in [6.45, 7) is 0. The maximum absolute atomic E-state index is 5.92. The fraction of sp³-hybridized carbons (Fsp3) is 0. The zero-order valence-corrected chi connectivity index (χ0v) is 12.9. The van der Waals surface area contributed by atoms with E-state index < -0.39 is 0 Å². The SMILES string of the molecule is Clc1ccc(Nn2cncc3c(-c4ccccc4)cnc2-3)cc1. The lowest BCUT2D eigenvalue weighted by Crippen LogP contribution is -2.13. The molecule has 112 valence electrons. The average Bonchev–Trinajstić information content (AvgIpc) is 3.03. The van der Waals surface area contributed by atoms with Gasteiger partial charge in [0.1, 0.15) is 6.33 Å². The van der Waals surface area contributed by atoms with Crippen LogP contribution in [0, 0.1) is 0 Å². The summed E-state index contributed by atoms with van der Waals surface area (Å²) in [6, 6.07) is 17.7. The Morgan fingerprint density at radius 2 is 1.65 bits per heavy atom. The van der Waals surface area contributed by atoms with Crippen molar-refractivity contribution in [3.8, 4) is 22.5 Å². The smallest absolute Gasteiger partial charge is 0.162 e. The number of nitrogens with zero attached hydrogens (tertiary/aromatic N) is 3. The van der Waals surface area contributed by atoms with E-state index in [1.54, 1.807) is 6.33 Å². The predicted molar refractivity (Wildman–Crippen MR) is 92.6 cm³/mol. The van der Waals surface area contributed by atoms with Gasteiger partial charge in [-0.15, -0.1) is 0 Å². The second-order valence-corrected chi connectivity index (χ2v) is 5.59. The summed E-state index contributed by atoms with van der Waals surface area (Å²) in [5.41, 5.74) is 7.38. The molecule has 2 heterocycles. The van der Waals surface area contributed by atoms with E-state index in [0.29, 0.717) is 5.02 Å². The first-order valence-electron chi connectivity index (χ1n) is 7.20. The van der Waals surface area contributed by atoms with Gasteiger partial charge >= 0.3 is 0 Å². The van der Waals surface area contributed by atoms with Gasteiger partial charge in [0.2, 0.25) is 0 Å². The third-order valence-corrected chi connectivity index (χ3v) is 3.89. The number of aromatic nitrogens is 3. The molecule has 0 spiro atoms. The van der Waals surface area contributed by atoms with Gasteiger partial charge in [0.05, 0.1) is 5.69 Å². The van der Waals surface area contributed by atoms with Crippen LogP contribution in [0.5, 0.6) is 0 Å². The third-order valence-electron chi connectivity index (χ3n) is 3.64. The molecule has 2 aromatic rings. The van der Waals surface area contributed by atoms with Gasteiger partial charge < -0.3 is 0 Å². The number of nitrogens with one attached hydrogen (secondary N) is 1. The van der Waals surface area contributed by atoms with Crippen molar-refractivity contribution >= 4 is 17.3 Å². The van der Waals surface area contributed by atoms with E-state index in [1.165, 1.54) is 0 Å². The monoisotopic (exact) mass is 320 g/mol. The number of hydrogen-bond donors (Lipinski definition) is 1. The summed E-state index contributed by atoms with van der Waals surface area (Å²) < 4.78 is 1.81. The van der Waals surface area contributed by atoms with Crippen LogP contribution in [0.3, 0.4) is 0 Å². The second kappa shape index (κ2) is 5.74. The Balaban J connectivity index is 1.72. The van der Waals surface area contributed by atoms with E-state index in [0.717, 1.165) is 28.2 Å². The summed E-state index contributed by atoms with van der Waals surface area (Å²) in [6.07, 6.45) is 5.42. The molecule has 5 heteroatoms. The number of hydrogen-bond acceptors (Lipinski definition) is 3. The van der Waals surface area contributed by atoms with Gasteiger partial charge in [-0.25, -0.2) is 14.6 Å². The third kappa shape index (κ3) is 2.64. The number of fused-ring (bicyclic) bond motifs is 1. The number of anilines is 1. The molecule has 0 bridgehead atoms. The standard InChI is InChI=1S/C18H13ClN4/c19-14-6-8-15(9-7-14)22-23-12-20-10-17-16(11-21-18(17)23)13-4-2-1-3-5-13/h1-12,22H. The summed E-state index contributed by atoms with van der Waals surface area (Å²) in [5.74, 6) is 0.828. The zero-order valence-electron chi connectivity index (χ0n) is 12.1. The van der Waals surface area contributed by atoms with Crippen LogP contribution in [0.15, 0.2) is 73.3 Å². The van der Waals surface area contributed by atoms with Gasteiger partial charge in [-0.2, -0.15) is 0 Å². The summed E-state index contributed by atoms with van der Waals surface area (Å²) in [7, 11) is 0. The first kappa shape index (κ1) is 13.8. The molecular weight excluding hydrogens is 308 g/mol. The lowest BCUT2D eigenvalue weighted by atomic mass is 10.0. The van der Waals surface area contributed by atoms with Crippen LogP contribution in [0.2, 0.25) is 5.02 Å². The van der Waals surface area contributed by atoms with Gasteiger partial charge in [0.25, 0.3) is 0 Å². The minimum Gasteiger partial charge on any atom is -0.292 e. The van der Waals surface area contributed by atoms with Crippen LogP contribution in [0.25, 0.3) is 22.5 Å². The van der Waals surface area contributed by atoms with Crippen molar-refractivity contribution in [3.05, 3.63) is 78.3 Å². The number of rotatable bonds is 3. The Kier molecular flexibility index (Phi) is 3.44. The number of benzene rings is 2. The van der Waals surface area contributed by atoms with E-state index >= 15 is 0 Å². The van der Waals surface area contributed by atoms with Crippen LogP contribution in [-0.2, 0) is 0 Å². The van der Waals surface area contributed by atoms with Gasteiger partial charge in [-0.1, -0.05) is 41.9 Å². The maximum Gasteiger partial charge on any atom is 0.162 e. The Labute approximate surface area is 138 Å². The van der Waals surface area contributed by atoms with E-state index in [9.17, 15) is 0 Å². The summed E-state index contributed by atoms with van der Waals surface area (Å²) in [5, 5.41) is 0.703. The molecule has 0 unspecified atom stereocenters. The molecule has 4 rings (SSSR count). The highest BCUT2D eigenvalue weighted by atomic mass is 35.5. The summed E-state index contributed by atoms with van der Waals surface area (Å²) in [4.78, 5) is 8.86. The van der Waals surface area contributed by atoms with Gasteiger partial charge in [0.15, 0.2) is 5.82 Å². The quantitative estimate of drug-likeness (QED) is 0.601. The second-order valence-electron chi connectivity index (χ2n) is 5.16. The first-order valence-corrected chi connectivity index (χ1v) is 7.58. The molecule has 0 aliphatic carbocycles. The van der Waals surface area contributed by atoms with Crippen LogP contribution in [0.1, 0.15) is 0 Å². The van der Waals surface area contributed by atoms with Gasteiger partial charge in [-0.3, -0.25) is 5.43 Å². The van der Waals surface area contributed by atoms with Crippen LogP contribution >= 0.6 is 11.6 Å². The van der Waals surface area contributed by atoms with Crippen molar-refractivity contribution in [2.45, 2.75) is 0 Å². The van der Waals surface area contributed by atoms with Crippen molar-refractivity contribution < 1.29 is 0 Å². The number of halogens is 1. The molecule has 0 fully saturated rings. The zero-order chi connectivity index (χ0) is 15.6. The highest BCUT2D eigenvalue weighted by Crippen LogP contribution is 2.32. The first-order chi connectivity index (χ1) is 11.3. The summed E-state index contributed by atoms with van der Waals surface area (Å²) >= 11 is 5.92. The molecule has 0 amide bonds.